The standard InChI is InChI=1S/C18H27N3O4S/c1-25-14-15-6-10-21(13-15)26(23,24)17-5-2-4-16(12-17)18(22)20-9-3-7-19-8-11-20/h2,4-5,12,15,19H,3,6-11,13-14H2,1H3/t15-/m1/s1. The van der Waals surface area contributed by atoms with Crippen molar-refractivity contribution >= 4 is 15.9 Å². The topological polar surface area (TPSA) is 79.0 Å². The molecule has 2 aliphatic rings. The number of amides is 1. The third-order valence-corrected chi connectivity index (χ3v) is 6.86. The maximum atomic E-state index is 12.9. The molecule has 2 aliphatic heterocycles. The summed E-state index contributed by atoms with van der Waals surface area (Å²) in [6.45, 7) is 4.51. The van der Waals surface area contributed by atoms with Crippen molar-refractivity contribution in [3.8, 4) is 0 Å². The molecule has 0 saturated carbocycles. The summed E-state index contributed by atoms with van der Waals surface area (Å²) in [5, 5.41) is 3.26. The first-order valence-corrected chi connectivity index (χ1v) is 10.6. The van der Waals surface area contributed by atoms with Crippen LogP contribution in [0.2, 0.25) is 0 Å². The molecule has 0 aromatic heterocycles. The summed E-state index contributed by atoms with van der Waals surface area (Å²) in [4.78, 5) is 14.7. The van der Waals surface area contributed by atoms with E-state index in [9.17, 15) is 13.2 Å². The molecular formula is C18H27N3O4S. The van der Waals surface area contributed by atoms with Gasteiger partial charge in [0, 0.05) is 45.4 Å². The van der Waals surface area contributed by atoms with Gasteiger partial charge in [0.15, 0.2) is 0 Å². The Hall–Kier alpha value is -1.48. The fourth-order valence-electron chi connectivity index (χ4n) is 3.56. The smallest absolute Gasteiger partial charge is 0.253 e. The van der Waals surface area contributed by atoms with E-state index in [-0.39, 0.29) is 16.7 Å². The van der Waals surface area contributed by atoms with E-state index in [1.54, 1.807) is 30.2 Å². The summed E-state index contributed by atoms with van der Waals surface area (Å²) >= 11 is 0. The van der Waals surface area contributed by atoms with Crippen LogP contribution in [-0.2, 0) is 14.8 Å². The molecule has 0 spiro atoms. The Labute approximate surface area is 155 Å². The number of carbonyl (C=O) groups is 1. The summed E-state index contributed by atoms with van der Waals surface area (Å²) in [6, 6.07) is 6.43. The molecule has 1 aromatic carbocycles. The molecule has 2 saturated heterocycles. The Bertz CT molecular complexity index is 730. The fraction of sp³-hybridized carbons (Fsp3) is 0.611. The van der Waals surface area contributed by atoms with Gasteiger partial charge in [0.2, 0.25) is 10.0 Å². The number of carbonyl (C=O) groups excluding carboxylic acids is 1. The van der Waals surface area contributed by atoms with Crippen molar-refractivity contribution in [2.24, 2.45) is 5.92 Å². The Balaban J connectivity index is 1.77. The highest BCUT2D eigenvalue weighted by Gasteiger charge is 2.33. The van der Waals surface area contributed by atoms with Crippen LogP contribution in [0.4, 0.5) is 0 Å². The van der Waals surface area contributed by atoms with Crippen molar-refractivity contribution in [2.45, 2.75) is 17.7 Å². The van der Waals surface area contributed by atoms with Gasteiger partial charge in [-0.15, -0.1) is 0 Å². The van der Waals surface area contributed by atoms with Gasteiger partial charge in [-0.25, -0.2) is 8.42 Å². The molecule has 1 amide bonds. The number of sulfonamides is 1. The van der Waals surface area contributed by atoms with Crippen LogP contribution in [0.5, 0.6) is 0 Å². The highest BCUT2D eigenvalue weighted by atomic mass is 32.2. The predicted molar refractivity (Wildman–Crippen MR) is 98.6 cm³/mol. The van der Waals surface area contributed by atoms with Gasteiger partial charge < -0.3 is 15.0 Å². The molecule has 2 fully saturated rings. The average Bonchev–Trinajstić information content (AvgIpc) is 2.96. The predicted octanol–water partition coefficient (Wildman–Crippen LogP) is 0.779. The van der Waals surface area contributed by atoms with Crippen LogP contribution in [0.15, 0.2) is 29.2 Å². The summed E-state index contributed by atoms with van der Waals surface area (Å²) in [5.74, 6) is 0.119. The molecule has 2 heterocycles. The molecule has 1 atom stereocenters. The van der Waals surface area contributed by atoms with E-state index in [1.165, 1.54) is 10.4 Å². The van der Waals surface area contributed by atoms with Gasteiger partial charge in [-0.3, -0.25) is 4.79 Å². The quantitative estimate of drug-likeness (QED) is 0.815. The second-order valence-electron chi connectivity index (χ2n) is 6.90. The van der Waals surface area contributed by atoms with Crippen LogP contribution < -0.4 is 5.32 Å². The van der Waals surface area contributed by atoms with E-state index in [4.69, 9.17) is 4.74 Å². The maximum absolute atomic E-state index is 12.9. The minimum Gasteiger partial charge on any atom is -0.384 e. The Morgan fingerprint density at radius 2 is 2.12 bits per heavy atom. The molecule has 8 heteroatoms. The number of nitrogens with zero attached hydrogens (tertiary/aromatic N) is 2. The summed E-state index contributed by atoms with van der Waals surface area (Å²) in [7, 11) is -1.96. The number of methoxy groups -OCH3 is 1. The zero-order valence-corrected chi connectivity index (χ0v) is 16.0. The lowest BCUT2D eigenvalue weighted by atomic mass is 10.1. The summed E-state index contributed by atoms with van der Waals surface area (Å²) < 4.78 is 32.5. The molecule has 1 aromatic rings. The first kappa shape index (κ1) is 19.3. The second-order valence-corrected chi connectivity index (χ2v) is 8.83. The van der Waals surface area contributed by atoms with Crippen molar-refractivity contribution < 1.29 is 17.9 Å². The number of nitrogens with one attached hydrogen (secondary N) is 1. The van der Waals surface area contributed by atoms with Crippen LogP contribution >= 0.6 is 0 Å². The molecule has 0 bridgehead atoms. The largest absolute Gasteiger partial charge is 0.384 e. The second kappa shape index (κ2) is 8.47. The van der Waals surface area contributed by atoms with E-state index >= 15 is 0 Å². The van der Waals surface area contributed by atoms with E-state index in [0.29, 0.717) is 38.3 Å². The van der Waals surface area contributed by atoms with Crippen LogP contribution in [-0.4, -0.2) is 76.5 Å². The number of benzene rings is 1. The highest BCUT2D eigenvalue weighted by Crippen LogP contribution is 2.25. The molecule has 0 radical (unpaired) electrons. The minimum absolute atomic E-state index is 0.107. The van der Waals surface area contributed by atoms with E-state index in [1.807, 2.05) is 0 Å². The number of hydrogen-bond acceptors (Lipinski definition) is 5. The van der Waals surface area contributed by atoms with Crippen LogP contribution in [0.3, 0.4) is 0 Å². The average molecular weight is 381 g/mol. The highest BCUT2D eigenvalue weighted by molar-refractivity contribution is 7.89. The fourth-order valence-corrected chi connectivity index (χ4v) is 5.13. The van der Waals surface area contributed by atoms with E-state index < -0.39 is 10.0 Å². The monoisotopic (exact) mass is 381 g/mol. The van der Waals surface area contributed by atoms with Crippen LogP contribution in [0.25, 0.3) is 0 Å². The van der Waals surface area contributed by atoms with Crippen molar-refractivity contribution in [3.63, 3.8) is 0 Å². The third kappa shape index (κ3) is 4.25. The molecule has 26 heavy (non-hydrogen) atoms. The molecule has 1 N–H and O–H groups in total. The molecular weight excluding hydrogens is 354 g/mol. The Kier molecular flexibility index (Phi) is 6.29. The maximum Gasteiger partial charge on any atom is 0.253 e. The normalized spacial score (nSPS) is 22.3. The molecule has 3 rings (SSSR count). The molecule has 7 nitrogen and oxygen atoms in total. The van der Waals surface area contributed by atoms with E-state index in [0.717, 1.165) is 25.9 Å². The minimum atomic E-state index is -3.59. The van der Waals surface area contributed by atoms with E-state index in [2.05, 4.69) is 5.32 Å². The van der Waals surface area contributed by atoms with Crippen molar-refractivity contribution in [3.05, 3.63) is 29.8 Å². The lowest BCUT2D eigenvalue weighted by Crippen LogP contribution is -2.34. The van der Waals surface area contributed by atoms with Crippen molar-refractivity contribution in [1.82, 2.24) is 14.5 Å². The van der Waals surface area contributed by atoms with Gasteiger partial charge in [0.05, 0.1) is 11.5 Å². The van der Waals surface area contributed by atoms with Gasteiger partial charge in [0.25, 0.3) is 5.91 Å². The Morgan fingerprint density at radius 1 is 1.27 bits per heavy atom. The lowest BCUT2D eigenvalue weighted by Gasteiger charge is -2.21. The zero-order chi connectivity index (χ0) is 18.6. The SMILES string of the molecule is COC[C@@H]1CCN(S(=O)(=O)c2cccc(C(=O)N3CCCNCC3)c2)C1. The molecule has 0 aliphatic carbocycles. The number of rotatable bonds is 5. The van der Waals surface area contributed by atoms with Gasteiger partial charge >= 0.3 is 0 Å². The number of hydrogen-bond donors (Lipinski definition) is 1. The summed E-state index contributed by atoms with van der Waals surface area (Å²) in [6.07, 6.45) is 1.70. The van der Waals surface area contributed by atoms with Crippen LogP contribution in [0, 0.1) is 5.92 Å². The van der Waals surface area contributed by atoms with Gasteiger partial charge in [-0.05, 0) is 43.5 Å². The molecule has 0 unspecified atom stereocenters. The zero-order valence-electron chi connectivity index (χ0n) is 15.2. The van der Waals surface area contributed by atoms with Crippen LogP contribution in [0.1, 0.15) is 23.2 Å². The van der Waals surface area contributed by atoms with Gasteiger partial charge in [-0.2, -0.15) is 4.31 Å². The first-order chi connectivity index (χ1) is 12.5. The first-order valence-electron chi connectivity index (χ1n) is 9.11. The van der Waals surface area contributed by atoms with Crippen molar-refractivity contribution in [2.75, 3.05) is 53.0 Å². The molecule has 144 valence electrons. The lowest BCUT2D eigenvalue weighted by molar-refractivity contribution is 0.0766. The number of ether oxygens (including phenoxy) is 1. The van der Waals surface area contributed by atoms with Crippen molar-refractivity contribution in [1.29, 1.82) is 0 Å². The Morgan fingerprint density at radius 3 is 2.92 bits per heavy atom. The summed E-state index contributed by atoms with van der Waals surface area (Å²) in [5.41, 5.74) is 0.431. The van der Waals surface area contributed by atoms with Gasteiger partial charge in [-0.1, -0.05) is 6.07 Å². The van der Waals surface area contributed by atoms with Gasteiger partial charge in [0.1, 0.15) is 0 Å². The third-order valence-electron chi connectivity index (χ3n) is 5.00.